The monoisotopic (exact) mass is 554 g/mol. The number of ether oxygens (including phenoxy) is 1. The topological polar surface area (TPSA) is 86.2 Å². The van der Waals surface area contributed by atoms with Crippen LogP contribution in [-0.2, 0) is 17.5 Å². The van der Waals surface area contributed by atoms with Gasteiger partial charge in [-0.15, -0.1) is 0 Å². The number of nitrogens with zero attached hydrogens (tertiary/aromatic N) is 4. The Morgan fingerprint density at radius 1 is 1.07 bits per heavy atom. The molecule has 0 radical (unpaired) electrons. The first kappa shape index (κ1) is 27.4. The number of alkyl halides is 3. The third kappa shape index (κ3) is 5.60. The number of halogens is 3. The van der Waals surface area contributed by atoms with Crippen LogP contribution in [0.3, 0.4) is 0 Å². The third-order valence-electron chi connectivity index (χ3n) is 7.51. The summed E-state index contributed by atoms with van der Waals surface area (Å²) in [6.45, 7) is 1.70. The van der Waals surface area contributed by atoms with E-state index in [9.17, 15) is 22.8 Å². The standard InChI is InChI=1S/C29H29F3N4O4/c1-34(2)25-10-5-20(16-33-25)24-9-6-22(29(30,31)32)15-21(24)17-35-13-11-28(12-14-35)18-36(27(39)40-28)23-7-3-19(4-8-23)26(37)38/h3-10,15-16H,11-14,17-18H2,1-2H3,(H,37,38). The Hall–Kier alpha value is -4.12. The van der Waals surface area contributed by atoms with Gasteiger partial charge < -0.3 is 14.7 Å². The Bertz CT molecular complexity index is 1400. The second kappa shape index (κ2) is 10.5. The SMILES string of the molecule is CN(C)c1ccc(-c2ccc(C(F)(F)F)cc2CN2CCC3(CC2)CN(c2ccc(C(=O)O)cc2)C(=O)O3)cn1. The molecule has 1 N–H and O–H groups in total. The van der Waals surface area contributed by atoms with Crippen LogP contribution in [0.2, 0.25) is 0 Å². The summed E-state index contributed by atoms with van der Waals surface area (Å²) in [5.41, 5.74) is 1.24. The van der Waals surface area contributed by atoms with Crippen LogP contribution in [0.5, 0.6) is 0 Å². The maximum absolute atomic E-state index is 13.6. The second-order valence-corrected chi connectivity index (χ2v) is 10.4. The van der Waals surface area contributed by atoms with Crippen molar-refractivity contribution in [2.24, 2.45) is 0 Å². The van der Waals surface area contributed by atoms with Crippen molar-refractivity contribution in [3.8, 4) is 11.1 Å². The van der Waals surface area contributed by atoms with Crippen LogP contribution >= 0.6 is 0 Å². The van der Waals surface area contributed by atoms with Gasteiger partial charge in [0, 0.05) is 64.0 Å². The predicted molar refractivity (Wildman–Crippen MR) is 143 cm³/mol. The summed E-state index contributed by atoms with van der Waals surface area (Å²) in [5.74, 6) is -0.304. The van der Waals surface area contributed by atoms with Crippen molar-refractivity contribution in [1.29, 1.82) is 0 Å². The number of carbonyl (C=O) groups is 2. The molecule has 210 valence electrons. The molecule has 2 fully saturated rings. The van der Waals surface area contributed by atoms with E-state index >= 15 is 0 Å². The van der Waals surface area contributed by atoms with Gasteiger partial charge in [0.05, 0.1) is 17.7 Å². The maximum atomic E-state index is 13.6. The molecule has 2 aliphatic rings. The van der Waals surface area contributed by atoms with E-state index in [4.69, 9.17) is 9.84 Å². The number of hydrogen-bond acceptors (Lipinski definition) is 6. The van der Waals surface area contributed by atoms with Gasteiger partial charge in [0.25, 0.3) is 0 Å². The number of carboxylic acid groups (broad SMARTS) is 1. The van der Waals surface area contributed by atoms with Crippen LogP contribution in [0.25, 0.3) is 11.1 Å². The van der Waals surface area contributed by atoms with Crippen LogP contribution in [0.1, 0.15) is 34.3 Å². The van der Waals surface area contributed by atoms with E-state index in [1.54, 1.807) is 18.3 Å². The Balaban J connectivity index is 1.31. The normalized spacial score (nSPS) is 17.2. The Labute approximate surface area is 229 Å². The minimum atomic E-state index is -4.46. The van der Waals surface area contributed by atoms with E-state index in [0.29, 0.717) is 55.8 Å². The molecule has 11 heteroatoms. The van der Waals surface area contributed by atoms with Crippen molar-refractivity contribution in [2.75, 3.05) is 43.5 Å². The number of carboxylic acids is 1. The highest BCUT2D eigenvalue weighted by Gasteiger charge is 2.47. The van der Waals surface area contributed by atoms with E-state index in [2.05, 4.69) is 9.88 Å². The number of pyridine rings is 1. The number of piperidine rings is 1. The summed E-state index contributed by atoms with van der Waals surface area (Å²) in [6.07, 6.45) is -2.24. The summed E-state index contributed by atoms with van der Waals surface area (Å²) in [5, 5.41) is 9.12. The Morgan fingerprint density at radius 2 is 1.77 bits per heavy atom. The maximum Gasteiger partial charge on any atom is 0.416 e. The fraction of sp³-hybridized carbons (Fsp3) is 0.345. The molecule has 5 rings (SSSR count). The molecule has 1 aromatic heterocycles. The van der Waals surface area contributed by atoms with Gasteiger partial charge in [-0.2, -0.15) is 13.2 Å². The van der Waals surface area contributed by atoms with E-state index in [1.165, 1.54) is 29.2 Å². The van der Waals surface area contributed by atoms with Gasteiger partial charge >= 0.3 is 18.2 Å². The lowest BCUT2D eigenvalue weighted by molar-refractivity contribution is -0.137. The number of amides is 1. The van der Waals surface area contributed by atoms with Crippen LogP contribution in [-0.4, -0.2) is 66.4 Å². The van der Waals surface area contributed by atoms with E-state index in [-0.39, 0.29) is 5.56 Å². The molecule has 2 saturated heterocycles. The van der Waals surface area contributed by atoms with Crippen molar-refractivity contribution in [3.05, 3.63) is 77.5 Å². The lowest BCUT2D eigenvalue weighted by Crippen LogP contribution is -2.46. The van der Waals surface area contributed by atoms with Crippen molar-refractivity contribution in [3.63, 3.8) is 0 Å². The molecule has 2 aromatic carbocycles. The van der Waals surface area contributed by atoms with Gasteiger partial charge in [0.15, 0.2) is 0 Å². The van der Waals surface area contributed by atoms with E-state index in [0.717, 1.165) is 17.4 Å². The molecule has 1 amide bonds. The molecule has 2 aliphatic heterocycles. The molecule has 8 nitrogen and oxygen atoms in total. The number of carbonyl (C=O) groups excluding carboxylic acids is 1. The molecule has 0 aliphatic carbocycles. The molecule has 3 heterocycles. The number of likely N-dealkylation sites (tertiary alicyclic amines) is 1. The summed E-state index contributed by atoms with van der Waals surface area (Å²) in [4.78, 5) is 33.7. The van der Waals surface area contributed by atoms with Gasteiger partial charge in [0.2, 0.25) is 0 Å². The quantitative estimate of drug-likeness (QED) is 0.429. The zero-order valence-electron chi connectivity index (χ0n) is 22.1. The molecule has 0 saturated carbocycles. The predicted octanol–water partition coefficient (Wildman–Crippen LogP) is 5.52. The van der Waals surface area contributed by atoms with Crippen LogP contribution < -0.4 is 9.80 Å². The fourth-order valence-electron chi connectivity index (χ4n) is 5.22. The number of rotatable bonds is 6. The van der Waals surface area contributed by atoms with Gasteiger partial charge in [-0.25, -0.2) is 14.6 Å². The average molecular weight is 555 g/mol. The summed E-state index contributed by atoms with van der Waals surface area (Å²) in [6, 6.07) is 13.5. The van der Waals surface area contributed by atoms with Crippen LogP contribution in [0.4, 0.5) is 29.5 Å². The van der Waals surface area contributed by atoms with Crippen molar-refractivity contribution < 1.29 is 32.6 Å². The molecule has 3 aromatic rings. The molecular weight excluding hydrogens is 525 g/mol. The molecule has 0 unspecified atom stereocenters. The third-order valence-corrected chi connectivity index (χ3v) is 7.51. The lowest BCUT2D eigenvalue weighted by Gasteiger charge is -2.37. The van der Waals surface area contributed by atoms with E-state index in [1.807, 2.05) is 31.1 Å². The van der Waals surface area contributed by atoms with Crippen molar-refractivity contribution in [1.82, 2.24) is 9.88 Å². The molecular formula is C29H29F3N4O4. The summed E-state index contributed by atoms with van der Waals surface area (Å²) >= 11 is 0. The largest absolute Gasteiger partial charge is 0.478 e. The highest BCUT2D eigenvalue weighted by Crippen LogP contribution is 2.38. The zero-order chi connectivity index (χ0) is 28.7. The smallest absolute Gasteiger partial charge is 0.416 e. The highest BCUT2D eigenvalue weighted by molar-refractivity contribution is 5.92. The fourth-order valence-corrected chi connectivity index (χ4v) is 5.22. The highest BCUT2D eigenvalue weighted by atomic mass is 19.4. The van der Waals surface area contributed by atoms with Crippen molar-refractivity contribution in [2.45, 2.75) is 31.2 Å². The van der Waals surface area contributed by atoms with Gasteiger partial charge in [-0.05, 0) is 59.7 Å². The van der Waals surface area contributed by atoms with Gasteiger partial charge in [-0.3, -0.25) is 9.80 Å². The minimum Gasteiger partial charge on any atom is -0.478 e. The zero-order valence-corrected chi connectivity index (χ0v) is 22.1. The van der Waals surface area contributed by atoms with Gasteiger partial charge in [-0.1, -0.05) is 6.07 Å². The van der Waals surface area contributed by atoms with Crippen LogP contribution in [0, 0.1) is 0 Å². The lowest BCUT2D eigenvalue weighted by atomic mass is 9.90. The minimum absolute atomic E-state index is 0.123. The number of hydrogen-bond donors (Lipinski definition) is 1. The molecule has 0 bridgehead atoms. The molecule has 40 heavy (non-hydrogen) atoms. The average Bonchev–Trinajstić information content (AvgIpc) is 3.25. The molecule has 1 spiro atoms. The number of benzene rings is 2. The Kier molecular flexibility index (Phi) is 7.17. The summed E-state index contributed by atoms with van der Waals surface area (Å²) < 4.78 is 46.6. The Morgan fingerprint density at radius 3 is 2.35 bits per heavy atom. The van der Waals surface area contributed by atoms with Crippen LogP contribution in [0.15, 0.2) is 60.8 Å². The first-order valence-electron chi connectivity index (χ1n) is 12.8. The first-order chi connectivity index (χ1) is 18.9. The number of aromatic nitrogens is 1. The number of anilines is 2. The summed E-state index contributed by atoms with van der Waals surface area (Å²) in [7, 11) is 3.73. The second-order valence-electron chi connectivity index (χ2n) is 10.4. The number of aromatic carboxylic acids is 1. The van der Waals surface area contributed by atoms with Gasteiger partial charge in [0.1, 0.15) is 11.4 Å². The first-order valence-corrected chi connectivity index (χ1v) is 12.8. The van der Waals surface area contributed by atoms with E-state index < -0.39 is 29.4 Å². The molecule has 0 atom stereocenters. The van der Waals surface area contributed by atoms with Crippen molar-refractivity contribution >= 4 is 23.6 Å².